The Balaban J connectivity index is 1.54. The van der Waals surface area contributed by atoms with Crippen LogP contribution < -0.4 is 10.8 Å². The van der Waals surface area contributed by atoms with Gasteiger partial charge in [-0.3, -0.25) is 15.0 Å². The average molecular weight is 339 g/mol. The molecule has 0 bridgehead atoms. The molecular formula is C17H29N3O4. The van der Waals surface area contributed by atoms with Crippen LogP contribution in [0.1, 0.15) is 39.5 Å². The lowest BCUT2D eigenvalue weighted by Crippen LogP contribution is -2.54. The number of nitrogens with one attached hydrogen (secondary N) is 2. The third-order valence-corrected chi connectivity index (χ3v) is 5.57. The molecule has 136 valence electrons. The minimum atomic E-state index is -0.720. The van der Waals surface area contributed by atoms with Crippen LogP contribution in [-0.2, 0) is 14.4 Å². The Kier molecular flexibility index (Phi) is 4.88. The monoisotopic (exact) mass is 339 g/mol. The van der Waals surface area contributed by atoms with Gasteiger partial charge >= 0.3 is 0 Å². The zero-order valence-electron chi connectivity index (χ0n) is 14.8. The van der Waals surface area contributed by atoms with Gasteiger partial charge in [-0.05, 0) is 52.5 Å². The molecule has 0 spiro atoms. The van der Waals surface area contributed by atoms with E-state index in [4.69, 9.17) is 9.57 Å². The zero-order chi connectivity index (χ0) is 17.4. The summed E-state index contributed by atoms with van der Waals surface area (Å²) in [7, 11) is 1.98. The first-order valence-electron chi connectivity index (χ1n) is 8.78. The highest BCUT2D eigenvalue weighted by Gasteiger charge is 2.49. The van der Waals surface area contributed by atoms with Crippen LogP contribution in [0.25, 0.3) is 0 Å². The third kappa shape index (κ3) is 3.74. The molecule has 1 saturated heterocycles. The normalized spacial score (nSPS) is 26.9. The van der Waals surface area contributed by atoms with Crippen molar-refractivity contribution in [1.82, 2.24) is 15.7 Å². The molecule has 1 saturated carbocycles. The van der Waals surface area contributed by atoms with Crippen molar-refractivity contribution in [3.05, 3.63) is 12.0 Å². The second kappa shape index (κ2) is 6.63. The van der Waals surface area contributed by atoms with Gasteiger partial charge in [0.1, 0.15) is 0 Å². The van der Waals surface area contributed by atoms with Gasteiger partial charge in [-0.25, -0.2) is 0 Å². The molecule has 0 aromatic rings. The van der Waals surface area contributed by atoms with Crippen LogP contribution in [0.5, 0.6) is 0 Å². The number of hydrogen-bond acceptors (Lipinski definition) is 6. The topological polar surface area (TPSA) is 83.1 Å². The molecule has 2 fully saturated rings. The van der Waals surface area contributed by atoms with E-state index in [-0.39, 0.29) is 11.9 Å². The van der Waals surface area contributed by atoms with Crippen molar-refractivity contribution in [2.45, 2.75) is 56.7 Å². The number of ether oxygens (including phenoxy) is 1. The fourth-order valence-corrected chi connectivity index (χ4v) is 3.10. The van der Waals surface area contributed by atoms with Crippen molar-refractivity contribution in [3.8, 4) is 0 Å². The standard InChI is InChI=1S/C17H29N3O4/c1-16(2,20(3)11-12-4-8-23-9-5-12)15(21)18-14-10-13(19-24-14)17(22)6-7-17/h10,12-13,19,22H,4-9,11H2,1-3H3,(H,18,21). The minimum Gasteiger partial charge on any atom is -0.390 e. The van der Waals surface area contributed by atoms with E-state index in [9.17, 15) is 9.90 Å². The second-order valence-corrected chi connectivity index (χ2v) is 7.78. The molecular weight excluding hydrogens is 310 g/mol. The number of carbonyl (C=O) groups is 1. The Bertz CT molecular complexity index is 510. The largest absolute Gasteiger partial charge is 0.390 e. The number of rotatable bonds is 6. The molecule has 0 aromatic heterocycles. The Morgan fingerprint density at radius 3 is 2.75 bits per heavy atom. The molecule has 0 radical (unpaired) electrons. The van der Waals surface area contributed by atoms with E-state index >= 15 is 0 Å². The van der Waals surface area contributed by atoms with Crippen molar-refractivity contribution < 1.29 is 19.5 Å². The minimum absolute atomic E-state index is 0.117. The molecule has 3 N–H and O–H groups in total. The SMILES string of the molecule is CN(CC1CCOCC1)C(C)(C)C(=O)NC1=CC(C2(O)CC2)NO1. The van der Waals surface area contributed by atoms with Gasteiger partial charge < -0.3 is 14.7 Å². The maximum Gasteiger partial charge on any atom is 0.246 e. The molecule has 2 heterocycles. The summed E-state index contributed by atoms with van der Waals surface area (Å²) in [6, 6.07) is -0.254. The predicted octanol–water partition coefficient (Wildman–Crippen LogP) is 0.509. The van der Waals surface area contributed by atoms with E-state index in [2.05, 4.69) is 15.7 Å². The van der Waals surface area contributed by atoms with E-state index in [0.29, 0.717) is 11.8 Å². The molecule has 3 aliphatic rings. The van der Waals surface area contributed by atoms with Gasteiger partial charge in [-0.1, -0.05) is 0 Å². The van der Waals surface area contributed by atoms with Crippen LogP contribution in [0.3, 0.4) is 0 Å². The molecule has 3 rings (SSSR count). The molecule has 1 unspecified atom stereocenters. The van der Waals surface area contributed by atoms with E-state index in [0.717, 1.165) is 45.4 Å². The zero-order valence-corrected chi connectivity index (χ0v) is 14.8. The maximum atomic E-state index is 12.7. The first-order valence-corrected chi connectivity index (χ1v) is 8.78. The van der Waals surface area contributed by atoms with Crippen LogP contribution in [0, 0.1) is 5.92 Å². The van der Waals surface area contributed by atoms with Crippen LogP contribution in [0.4, 0.5) is 0 Å². The van der Waals surface area contributed by atoms with Crippen LogP contribution in [0.2, 0.25) is 0 Å². The smallest absolute Gasteiger partial charge is 0.246 e. The van der Waals surface area contributed by atoms with E-state index in [1.165, 1.54) is 0 Å². The summed E-state index contributed by atoms with van der Waals surface area (Å²) in [5, 5.41) is 12.9. The molecule has 1 aliphatic carbocycles. The quantitative estimate of drug-likeness (QED) is 0.654. The summed E-state index contributed by atoms with van der Waals surface area (Å²) >= 11 is 0. The number of likely N-dealkylation sites (N-methyl/N-ethyl adjacent to an activating group) is 1. The van der Waals surface area contributed by atoms with Crippen LogP contribution >= 0.6 is 0 Å². The van der Waals surface area contributed by atoms with Crippen molar-refractivity contribution in [1.29, 1.82) is 0 Å². The van der Waals surface area contributed by atoms with Gasteiger partial charge in [0.15, 0.2) is 0 Å². The first-order chi connectivity index (χ1) is 11.3. The number of hydrogen-bond donors (Lipinski definition) is 3. The Labute approximate surface area is 143 Å². The summed E-state index contributed by atoms with van der Waals surface area (Å²) in [5.74, 6) is 0.819. The fraction of sp³-hybridized carbons (Fsp3) is 0.824. The number of nitrogens with zero attached hydrogens (tertiary/aromatic N) is 1. The lowest BCUT2D eigenvalue weighted by Gasteiger charge is -2.37. The summed E-state index contributed by atoms with van der Waals surface area (Å²) in [6.07, 6.45) is 5.34. The van der Waals surface area contributed by atoms with E-state index in [1.54, 1.807) is 6.08 Å². The lowest BCUT2D eigenvalue weighted by molar-refractivity contribution is -0.132. The molecule has 24 heavy (non-hydrogen) atoms. The maximum absolute atomic E-state index is 12.7. The third-order valence-electron chi connectivity index (χ3n) is 5.57. The van der Waals surface area contributed by atoms with Crippen molar-refractivity contribution in [2.75, 3.05) is 26.8 Å². The highest BCUT2D eigenvalue weighted by molar-refractivity contribution is 5.86. The second-order valence-electron chi connectivity index (χ2n) is 7.78. The van der Waals surface area contributed by atoms with Gasteiger partial charge in [-0.15, -0.1) is 5.48 Å². The summed E-state index contributed by atoms with van der Waals surface area (Å²) in [4.78, 5) is 20.1. The predicted molar refractivity (Wildman–Crippen MR) is 88.7 cm³/mol. The Morgan fingerprint density at radius 1 is 1.46 bits per heavy atom. The number of aliphatic hydroxyl groups is 1. The summed E-state index contributed by atoms with van der Waals surface area (Å²) in [6.45, 7) is 6.31. The van der Waals surface area contributed by atoms with E-state index in [1.807, 2.05) is 20.9 Å². The number of hydroxylamine groups is 1. The highest BCUT2D eigenvalue weighted by Crippen LogP contribution is 2.40. The first kappa shape index (κ1) is 17.7. The Hall–Kier alpha value is -1.15. The highest BCUT2D eigenvalue weighted by atomic mass is 16.7. The van der Waals surface area contributed by atoms with Crippen molar-refractivity contribution >= 4 is 5.91 Å². The molecule has 7 heteroatoms. The van der Waals surface area contributed by atoms with Crippen molar-refractivity contribution in [3.63, 3.8) is 0 Å². The fourth-order valence-electron chi connectivity index (χ4n) is 3.10. The molecule has 0 aromatic carbocycles. The summed E-state index contributed by atoms with van der Waals surface area (Å²) in [5.41, 5.74) is 1.40. The van der Waals surface area contributed by atoms with Crippen LogP contribution in [-0.4, -0.2) is 59.9 Å². The molecule has 1 amide bonds. The van der Waals surface area contributed by atoms with E-state index < -0.39 is 11.1 Å². The number of carbonyl (C=O) groups excluding carboxylic acids is 1. The van der Waals surface area contributed by atoms with Gasteiger partial charge in [0.2, 0.25) is 11.8 Å². The molecule has 7 nitrogen and oxygen atoms in total. The van der Waals surface area contributed by atoms with Crippen molar-refractivity contribution in [2.24, 2.45) is 5.92 Å². The molecule has 2 aliphatic heterocycles. The summed E-state index contributed by atoms with van der Waals surface area (Å²) < 4.78 is 5.40. The van der Waals surface area contributed by atoms with Gasteiger partial charge in [0.05, 0.1) is 17.2 Å². The van der Waals surface area contributed by atoms with Crippen LogP contribution in [0.15, 0.2) is 12.0 Å². The van der Waals surface area contributed by atoms with Gasteiger partial charge in [-0.2, -0.15) is 0 Å². The Morgan fingerprint density at radius 2 is 2.12 bits per heavy atom. The van der Waals surface area contributed by atoms with Gasteiger partial charge in [0.25, 0.3) is 0 Å². The van der Waals surface area contributed by atoms with Gasteiger partial charge in [0, 0.05) is 25.8 Å². The number of amides is 1. The molecule has 1 atom stereocenters. The average Bonchev–Trinajstić information content (AvgIpc) is 3.12. The lowest BCUT2D eigenvalue weighted by atomic mass is 9.95.